The van der Waals surface area contributed by atoms with Crippen molar-refractivity contribution in [2.75, 3.05) is 4.90 Å². The number of para-hydroxylation sites is 1. The van der Waals surface area contributed by atoms with Gasteiger partial charge in [0.1, 0.15) is 0 Å². The number of benzene rings is 11. The van der Waals surface area contributed by atoms with Crippen molar-refractivity contribution >= 4 is 49.6 Å². The van der Waals surface area contributed by atoms with Crippen LogP contribution in [0.4, 0.5) is 17.1 Å². The van der Waals surface area contributed by atoms with Gasteiger partial charge >= 0.3 is 0 Å². The molecule has 0 amide bonds. The molecule has 0 unspecified atom stereocenters. The van der Waals surface area contributed by atoms with E-state index in [-0.39, 0.29) is 0 Å². The summed E-state index contributed by atoms with van der Waals surface area (Å²) in [6.45, 7) is 0. The first-order chi connectivity index (χ1) is 33.2. The fourth-order valence-electron chi connectivity index (χ4n) is 11.0. The lowest BCUT2D eigenvalue weighted by atomic mass is 9.67. The molecule has 0 atom stereocenters. The van der Waals surface area contributed by atoms with Crippen LogP contribution < -0.4 is 4.90 Å². The van der Waals surface area contributed by atoms with Crippen molar-refractivity contribution in [2.45, 2.75) is 5.41 Å². The van der Waals surface area contributed by atoms with Crippen LogP contribution in [0, 0.1) is 0 Å². The van der Waals surface area contributed by atoms with Gasteiger partial charge in [0.15, 0.2) is 0 Å². The number of aromatic nitrogens is 1. The molecule has 1 aliphatic carbocycles. The van der Waals surface area contributed by atoms with Gasteiger partial charge in [-0.05, 0) is 127 Å². The minimum atomic E-state index is -0.520. The number of anilines is 3. The highest BCUT2D eigenvalue weighted by Crippen LogP contribution is 2.57. The summed E-state index contributed by atoms with van der Waals surface area (Å²) in [5.74, 6) is 0. The zero-order valence-electron chi connectivity index (χ0n) is 36.8. The molecule has 12 aromatic rings. The first-order valence-corrected chi connectivity index (χ1v) is 23.2. The van der Waals surface area contributed by atoms with Crippen molar-refractivity contribution in [1.82, 2.24) is 4.57 Å². The molecule has 1 aromatic heterocycles. The van der Waals surface area contributed by atoms with Gasteiger partial charge < -0.3 is 9.47 Å². The number of nitrogens with zero attached hydrogens (tertiary/aromatic N) is 2. The largest absolute Gasteiger partial charge is 0.310 e. The predicted octanol–water partition coefficient (Wildman–Crippen LogP) is 17.1. The van der Waals surface area contributed by atoms with Gasteiger partial charge in [0, 0.05) is 33.5 Å². The SMILES string of the molecule is c1ccc(-c2ccc(N(c3cccc(-c4ccc5c6ccccc6n(-c6ccc7ccccc7c6)c5c4)c3)c3ccc4c(c3)C(c3ccccc3)(c3ccccc3)c3ccccc3-4)cc2)cc1. The molecule has 0 aliphatic heterocycles. The summed E-state index contributed by atoms with van der Waals surface area (Å²) in [5.41, 5.74) is 18.6. The highest BCUT2D eigenvalue weighted by molar-refractivity contribution is 6.10. The lowest BCUT2D eigenvalue weighted by Gasteiger charge is -2.35. The Balaban J connectivity index is 1.00. The minimum absolute atomic E-state index is 0.520. The van der Waals surface area contributed by atoms with E-state index in [9.17, 15) is 0 Å². The third kappa shape index (κ3) is 6.26. The van der Waals surface area contributed by atoms with Crippen LogP contribution in [0.15, 0.2) is 267 Å². The quantitative estimate of drug-likeness (QED) is 0.148. The molecular weight excluding hydrogens is 809 g/mol. The Morgan fingerprint density at radius 1 is 0.299 bits per heavy atom. The second-order valence-electron chi connectivity index (χ2n) is 17.7. The second kappa shape index (κ2) is 15.8. The van der Waals surface area contributed by atoms with Crippen molar-refractivity contribution in [3.8, 4) is 39.1 Å². The first kappa shape index (κ1) is 38.7. The summed E-state index contributed by atoms with van der Waals surface area (Å²) in [4.78, 5) is 2.44. The van der Waals surface area contributed by atoms with Gasteiger partial charge in [0.2, 0.25) is 0 Å². The van der Waals surface area contributed by atoms with Gasteiger partial charge in [-0.1, -0.05) is 206 Å². The Bertz CT molecular complexity index is 3750. The number of hydrogen-bond donors (Lipinski definition) is 0. The minimum Gasteiger partial charge on any atom is -0.310 e. The van der Waals surface area contributed by atoms with Crippen LogP contribution in [0.5, 0.6) is 0 Å². The molecule has 2 heteroatoms. The normalized spacial score (nSPS) is 12.6. The highest BCUT2D eigenvalue weighted by Gasteiger charge is 2.46. The first-order valence-electron chi connectivity index (χ1n) is 23.2. The zero-order chi connectivity index (χ0) is 44.3. The molecule has 67 heavy (non-hydrogen) atoms. The molecule has 0 saturated carbocycles. The van der Waals surface area contributed by atoms with Crippen LogP contribution in [0.3, 0.4) is 0 Å². The maximum absolute atomic E-state index is 2.46. The van der Waals surface area contributed by atoms with E-state index in [1.54, 1.807) is 0 Å². The fourth-order valence-corrected chi connectivity index (χ4v) is 11.0. The van der Waals surface area contributed by atoms with Crippen molar-refractivity contribution in [3.05, 3.63) is 289 Å². The molecule has 0 saturated heterocycles. The van der Waals surface area contributed by atoms with Crippen LogP contribution in [0.25, 0.3) is 71.6 Å². The maximum Gasteiger partial charge on any atom is 0.0714 e. The monoisotopic (exact) mass is 852 g/mol. The average molecular weight is 853 g/mol. The molecule has 13 rings (SSSR count). The van der Waals surface area contributed by atoms with Gasteiger partial charge in [0.25, 0.3) is 0 Å². The Labute approximate surface area is 390 Å². The Morgan fingerprint density at radius 2 is 0.866 bits per heavy atom. The van der Waals surface area contributed by atoms with Crippen molar-refractivity contribution in [1.29, 1.82) is 0 Å². The molecular formula is C65H44N2. The van der Waals surface area contributed by atoms with Gasteiger partial charge in [-0.15, -0.1) is 0 Å². The van der Waals surface area contributed by atoms with Gasteiger partial charge in [-0.2, -0.15) is 0 Å². The van der Waals surface area contributed by atoms with E-state index in [2.05, 4.69) is 276 Å². The van der Waals surface area contributed by atoms with Crippen molar-refractivity contribution < 1.29 is 0 Å². The summed E-state index contributed by atoms with van der Waals surface area (Å²) in [7, 11) is 0. The number of rotatable bonds is 8. The fraction of sp³-hybridized carbons (Fsp3) is 0.0154. The summed E-state index contributed by atoms with van der Waals surface area (Å²) in [5, 5.41) is 4.95. The van der Waals surface area contributed by atoms with Crippen LogP contribution in [0.2, 0.25) is 0 Å². The highest BCUT2D eigenvalue weighted by atomic mass is 15.1. The molecule has 1 aliphatic rings. The topological polar surface area (TPSA) is 8.17 Å². The number of fused-ring (bicyclic) bond motifs is 7. The standard InChI is InChI=1S/C65H44N2/c1-4-17-45(18-5-1)47-31-35-53(36-32-47)66(56-38-40-58-57-27-12-14-29-61(57)65(62(58)44-56,51-22-6-2-7-23-51)52-24-8-3-9-25-52)54-26-16-21-49(42-54)50-34-39-60-59-28-13-15-30-63(59)67(64(60)43-50)55-37-33-46-19-10-11-20-48(46)41-55/h1-44H. The van der Waals surface area contributed by atoms with Crippen LogP contribution in [-0.2, 0) is 5.41 Å². The van der Waals surface area contributed by atoms with E-state index in [0.717, 1.165) is 33.9 Å². The maximum atomic E-state index is 2.46. The third-order valence-electron chi connectivity index (χ3n) is 14.0. The summed E-state index contributed by atoms with van der Waals surface area (Å²) in [6.07, 6.45) is 0. The van der Waals surface area contributed by atoms with E-state index in [1.165, 1.54) is 77.1 Å². The van der Waals surface area contributed by atoms with Gasteiger partial charge in [-0.3, -0.25) is 0 Å². The summed E-state index contributed by atoms with van der Waals surface area (Å²) in [6, 6.07) is 98.2. The van der Waals surface area contributed by atoms with E-state index in [0.29, 0.717) is 0 Å². The lowest BCUT2D eigenvalue weighted by Crippen LogP contribution is -2.28. The van der Waals surface area contributed by atoms with Crippen molar-refractivity contribution in [2.24, 2.45) is 0 Å². The van der Waals surface area contributed by atoms with Crippen LogP contribution in [-0.4, -0.2) is 4.57 Å². The molecule has 2 nitrogen and oxygen atoms in total. The molecule has 314 valence electrons. The Morgan fingerprint density at radius 3 is 1.66 bits per heavy atom. The second-order valence-corrected chi connectivity index (χ2v) is 17.7. The van der Waals surface area contributed by atoms with E-state index >= 15 is 0 Å². The lowest BCUT2D eigenvalue weighted by molar-refractivity contribution is 0.768. The Kier molecular flexibility index (Phi) is 9.11. The smallest absolute Gasteiger partial charge is 0.0714 e. The molecule has 0 radical (unpaired) electrons. The van der Waals surface area contributed by atoms with Gasteiger partial charge in [0.05, 0.1) is 16.4 Å². The molecule has 1 heterocycles. The van der Waals surface area contributed by atoms with Crippen LogP contribution >= 0.6 is 0 Å². The summed E-state index contributed by atoms with van der Waals surface area (Å²) >= 11 is 0. The summed E-state index contributed by atoms with van der Waals surface area (Å²) < 4.78 is 2.43. The number of hydrogen-bond acceptors (Lipinski definition) is 1. The molecule has 11 aromatic carbocycles. The van der Waals surface area contributed by atoms with Crippen LogP contribution in [0.1, 0.15) is 22.3 Å². The van der Waals surface area contributed by atoms with E-state index in [4.69, 9.17) is 0 Å². The molecule has 0 spiro atoms. The molecule has 0 fully saturated rings. The molecule has 0 bridgehead atoms. The predicted molar refractivity (Wildman–Crippen MR) is 281 cm³/mol. The zero-order valence-corrected chi connectivity index (χ0v) is 36.8. The Hall–Kier alpha value is -8.72. The van der Waals surface area contributed by atoms with E-state index < -0.39 is 5.41 Å². The average Bonchev–Trinajstić information content (AvgIpc) is 3.90. The molecule has 0 N–H and O–H groups in total. The van der Waals surface area contributed by atoms with E-state index in [1.807, 2.05) is 0 Å². The third-order valence-corrected chi connectivity index (χ3v) is 14.0. The van der Waals surface area contributed by atoms with Crippen molar-refractivity contribution in [3.63, 3.8) is 0 Å². The van der Waals surface area contributed by atoms with Gasteiger partial charge in [-0.25, -0.2) is 0 Å².